The van der Waals surface area contributed by atoms with Gasteiger partial charge in [-0.05, 0) is 37.0 Å². The monoisotopic (exact) mass is 230 g/mol. The molecule has 0 aliphatic rings. The maximum absolute atomic E-state index is 13.2. The van der Waals surface area contributed by atoms with E-state index in [1.807, 2.05) is 13.0 Å². The predicted octanol–water partition coefficient (Wildman–Crippen LogP) is 3.46. The Labute approximate surface area is 80.9 Å². The largest absolute Gasteiger partial charge is 0.207 e. The van der Waals surface area contributed by atoms with Crippen molar-refractivity contribution < 1.29 is 4.39 Å². The van der Waals surface area contributed by atoms with Gasteiger partial charge < -0.3 is 0 Å². The molecule has 0 fully saturated rings. The Hall–Kier alpha value is -0.370. The van der Waals surface area contributed by atoms with Crippen LogP contribution in [0.3, 0.4) is 0 Å². The van der Waals surface area contributed by atoms with E-state index >= 15 is 0 Å². The molecule has 0 saturated carbocycles. The smallest absolute Gasteiger partial charge is 0.126 e. The van der Waals surface area contributed by atoms with Crippen molar-refractivity contribution in [3.63, 3.8) is 0 Å². The Morgan fingerprint density at radius 1 is 1.42 bits per heavy atom. The second-order valence-electron chi connectivity index (χ2n) is 2.83. The SMILES string of the molecule is Cc1cccc(F)c1CCCBr. The first-order valence-electron chi connectivity index (χ1n) is 4.05. The van der Waals surface area contributed by atoms with Crippen molar-refractivity contribution >= 4 is 15.9 Å². The lowest BCUT2D eigenvalue weighted by molar-refractivity contribution is 0.606. The normalized spacial score (nSPS) is 10.2. The third-order valence-corrected chi connectivity index (χ3v) is 2.47. The number of alkyl halides is 1. The van der Waals surface area contributed by atoms with Crippen LogP contribution < -0.4 is 0 Å². The standard InChI is InChI=1S/C10H12BrF/c1-8-4-2-6-10(12)9(8)5-3-7-11/h2,4,6H,3,5,7H2,1H3. The molecule has 1 aromatic rings. The number of aryl methyl sites for hydroxylation is 1. The molecule has 0 saturated heterocycles. The van der Waals surface area contributed by atoms with Crippen LogP contribution in [0.1, 0.15) is 17.5 Å². The summed E-state index contributed by atoms with van der Waals surface area (Å²) in [7, 11) is 0. The minimum absolute atomic E-state index is 0.0732. The lowest BCUT2D eigenvalue weighted by Crippen LogP contribution is -1.94. The summed E-state index contributed by atoms with van der Waals surface area (Å²) < 4.78 is 13.2. The lowest BCUT2D eigenvalue weighted by Gasteiger charge is -2.04. The molecule has 1 aromatic carbocycles. The highest BCUT2D eigenvalue weighted by Crippen LogP contribution is 2.14. The van der Waals surface area contributed by atoms with Gasteiger partial charge in [-0.15, -0.1) is 0 Å². The molecule has 0 bridgehead atoms. The van der Waals surface area contributed by atoms with Crippen LogP contribution in [0.4, 0.5) is 4.39 Å². The molecule has 0 heterocycles. The molecule has 66 valence electrons. The highest BCUT2D eigenvalue weighted by Gasteiger charge is 2.03. The molecule has 0 aromatic heterocycles. The topological polar surface area (TPSA) is 0 Å². The van der Waals surface area contributed by atoms with Gasteiger partial charge in [0.15, 0.2) is 0 Å². The zero-order valence-electron chi connectivity index (χ0n) is 7.11. The summed E-state index contributed by atoms with van der Waals surface area (Å²) in [6.45, 7) is 1.95. The molecule has 0 spiro atoms. The molecule has 1 rings (SSSR count). The second kappa shape index (κ2) is 4.61. The zero-order valence-corrected chi connectivity index (χ0v) is 8.70. The van der Waals surface area contributed by atoms with Crippen LogP contribution in [0, 0.1) is 12.7 Å². The van der Waals surface area contributed by atoms with Gasteiger partial charge in [0.25, 0.3) is 0 Å². The number of hydrogen-bond donors (Lipinski definition) is 0. The molecule has 0 radical (unpaired) electrons. The zero-order chi connectivity index (χ0) is 8.97. The highest BCUT2D eigenvalue weighted by molar-refractivity contribution is 9.09. The molecular weight excluding hydrogens is 219 g/mol. The van der Waals surface area contributed by atoms with E-state index in [0.717, 1.165) is 29.3 Å². The van der Waals surface area contributed by atoms with E-state index in [2.05, 4.69) is 15.9 Å². The molecule has 0 atom stereocenters. The second-order valence-corrected chi connectivity index (χ2v) is 3.62. The summed E-state index contributed by atoms with van der Waals surface area (Å²) in [6, 6.07) is 5.23. The van der Waals surface area contributed by atoms with Crippen molar-refractivity contribution in [2.24, 2.45) is 0 Å². The van der Waals surface area contributed by atoms with Crippen LogP contribution in [-0.4, -0.2) is 5.33 Å². The van der Waals surface area contributed by atoms with Crippen molar-refractivity contribution in [2.45, 2.75) is 19.8 Å². The van der Waals surface area contributed by atoms with Crippen molar-refractivity contribution in [3.05, 3.63) is 35.1 Å². The van der Waals surface area contributed by atoms with Gasteiger partial charge in [0.2, 0.25) is 0 Å². The van der Waals surface area contributed by atoms with Gasteiger partial charge in [-0.1, -0.05) is 28.1 Å². The Morgan fingerprint density at radius 3 is 2.75 bits per heavy atom. The summed E-state index contributed by atoms with van der Waals surface area (Å²) in [6.07, 6.45) is 1.81. The summed E-state index contributed by atoms with van der Waals surface area (Å²) in [4.78, 5) is 0. The molecular formula is C10H12BrF. The average molecular weight is 231 g/mol. The molecule has 0 N–H and O–H groups in total. The van der Waals surface area contributed by atoms with Crippen LogP contribution in [0.15, 0.2) is 18.2 Å². The summed E-state index contributed by atoms with van der Waals surface area (Å²) >= 11 is 3.33. The van der Waals surface area contributed by atoms with E-state index in [1.54, 1.807) is 6.07 Å². The van der Waals surface area contributed by atoms with Crippen LogP contribution in [-0.2, 0) is 6.42 Å². The fourth-order valence-electron chi connectivity index (χ4n) is 1.23. The number of benzene rings is 1. The molecule has 12 heavy (non-hydrogen) atoms. The van der Waals surface area contributed by atoms with E-state index in [-0.39, 0.29) is 5.82 Å². The maximum Gasteiger partial charge on any atom is 0.126 e. The van der Waals surface area contributed by atoms with Crippen LogP contribution in [0.2, 0.25) is 0 Å². The molecule has 0 aliphatic heterocycles. The summed E-state index contributed by atoms with van der Waals surface area (Å²) in [5, 5.41) is 0.931. The fourth-order valence-corrected chi connectivity index (χ4v) is 1.51. The van der Waals surface area contributed by atoms with Gasteiger partial charge in [0.05, 0.1) is 0 Å². The van der Waals surface area contributed by atoms with E-state index < -0.39 is 0 Å². The van der Waals surface area contributed by atoms with Gasteiger partial charge in [-0.2, -0.15) is 0 Å². The van der Waals surface area contributed by atoms with Crippen LogP contribution in [0.5, 0.6) is 0 Å². The molecule has 2 heteroatoms. The van der Waals surface area contributed by atoms with Gasteiger partial charge in [0.1, 0.15) is 5.82 Å². The van der Waals surface area contributed by atoms with Crippen LogP contribution in [0.25, 0.3) is 0 Å². The lowest BCUT2D eigenvalue weighted by atomic mass is 10.0. The van der Waals surface area contributed by atoms with Gasteiger partial charge in [-0.3, -0.25) is 0 Å². The van der Waals surface area contributed by atoms with Crippen molar-refractivity contribution in [2.75, 3.05) is 5.33 Å². The van der Waals surface area contributed by atoms with Crippen molar-refractivity contribution in [1.29, 1.82) is 0 Å². The summed E-state index contributed by atoms with van der Waals surface area (Å²) in [5.41, 5.74) is 1.91. The third-order valence-electron chi connectivity index (χ3n) is 1.91. The maximum atomic E-state index is 13.2. The van der Waals surface area contributed by atoms with Gasteiger partial charge in [0, 0.05) is 5.33 Å². The fraction of sp³-hybridized carbons (Fsp3) is 0.400. The van der Waals surface area contributed by atoms with Crippen LogP contribution >= 0.6 is 15.9 Å². The predicted molar refractivity (Wildman–Crippen MR) is 53.3 cm³/mol. The van der Waals surface area contributed by atoms with E-state index in [0.29, 0.717) is 0 Å². The van der Waals surface area contributed by atoms with E-state index in [1.165, 1.54) is 6.07 Å². The van der Waals surface area contributed by atoms with Gasteiger partial charge in [-0.25, -0.2) is 4.39 Å². The van der Waals surface area contributed by atoms with E-state index in [9.17, 15) is 4.39 Å². The average Bonchev–Trinajstić information content (AvgIpc) is 2.04. The molecule has 0 nitrogen and oxygen atoms in total. The Morgan fingerprint density at radius 2 is 2.17 bits per heavy atom. The minimum Gasteiger partial charge on any atom is -0.207 e. The first-order valence-corrected chi connectivity index (χ1v) is 5.18. The minimum atomic E-state index is -0.0732. The number of rotatable bonds is 3. The quantitative estimate of drug-likeness (QED) is 0.699. The van der Waals surface area contributed by atoms with Crippen molar-refractivity contribution in [3.8, 4) is 0 Å². The van der Waals surface area contributed by atoms with Crippen molar-refractivity contribution in [1.82, 2.24) is 0 Å². The number of hydrogen-bond acceptors (Lipinski definition) is 0. The number of halogens is 2. The highest BCUT2D eigenvalue weighted by atomic mass is 79.9. The Balaban J connectivity index is 2.81. The first-order chi connectivity index (χ1) is 5.75. The Kier molecular flexibility index (Phi) is 3.73. The molecule has 0 unspecified atom stereocenters. The third kappa shape index (κ3) is 2.31. The van der Waals surface area contributed by atoms with E-state index in [4.69, 9.17) is 0 Å². The molecule has 0 aliphatic carbocycles. The first kappa shape index (κ1) is 9.72. The Bertz CT molecular complexity index is 238. The molecule has 0 amide bonds. The van der Waals surface area contributed by atoms with Gasteiger partial charge >= 0.3 is 0 Å². The summed E-state index contributed by atoms with van der Waals surface area (Å²) in [5.74, 6) is -0.0732.